The number of aromatic nitrogens is 1. The predicted octanol–water partition coefficient (Wildman–Crippen LogP) is 8.94. The average Bonchev–Trinajstić information content (AvgIpc) is 3.67. The van der Waals surface area contributed by atoms with Gasteiger partial charge in [0, 0.05) is 41.7 Å². The van der Waals surface area contributed by atoms with Crippen LogP contribution >= 0.6 is 11.3 Å². The summed E-state index contributed by atoms with van der Waals surface area (Å²) in [6, 6.07) is 23.9. The zero-order valence-corrected chi connectivity index (χ0v) is 20.3. The van der Waals surface area contributed by atoms with E-state index in [-0.39, 0.29) is 6.04 Å². The first kappa shape index (κ1) is 18.6. The van der Waals surface area contributed by atoms with Gasteiger partial charge in [0.2, 0.25) is 0 Å². The lowest BCUT2D eigenvalue weighted by Crippen LogP contribution is -2.30. The summed E-state index contributed by atoms with van der Waals surface area (Å²) in [6.07, 6.45) is 8.45. The number of hydrogen-bond donors (Lipinski definition) is 1. The van der Waals surface area contributed by atoms with Crippen molar-refractivity contribution in [1.82, 2.24) is 4.40 Å². The summed E-state index contributed by atoms with van der Waals surface area (Å²) in [4.78, 5) is 5.17. The molecule has 4 nitrogen and oxygen atoms in total. The zero-order valence-electron chi connectivity index (χ0n) is 19.4. The molecule has 2 aliphatic rings. The van der Waals surface area contributed by atoms with Crippen molar-refractivity contribution in [2.45, 2.75) is 6.04 Å². The molecule has 0 amide bonds. The maximum absolute atomic E-state index is 6.69. The molecule has 172 valence electrons. The van der Waals surface area contributed by atoms with E-state index in [1.54, 1.807) is 0 Å². The number of hydrogen-bond acceptors (Lipinski definition) is 4. The molecular weight excluding hydrogens is 474 g/mol. The normalized spacial score (nSPS) is 17.1. The fourth-order valence-corrected chi connectivity index (χ4v) is 7.90. The van der Waals surface area contributed by atoms with Crippen molar-refractivity contribution in [1.29, 1.82) is 0 Å². The Morgan fingerprint density at radius 3 is 2.59 bits per heavy atom. The van der Waals surface area contributed by atoms with E-state index in [9.17, 15) is 0 Å². The summed E-state index contributed by atoms with van der Waals surface area (Å²) in [5.74, 6) is 1.06. The molecule has 0 spiro atoms. The second-order valence-electron chi connectivity index (χ2n) is 9.97. The van der Waals surface area contributed by atoms with Crippen LogP contribution in [0.3, 0.4) is 0 Å². The van der Waals surface area contributed by atoms with Gasteiger partial charge in [-0.05, 0) is 18.2 Å². The largest absolute Gasteiger partial charge is 0.455 e. The monoisotopic (exact) mass is 491 g/mol. The molecule has 0 saturated heterocycles. The van der Waals surface area contributed by atoms with Crippen molar-refractivity contribution in [3.05, 3.63) is 91.0 Å². The molecule has 5 heterocycles. The Morgan fingerprint density at radius 2 is 1.62 bits per heavy atom. The van der Waals surface area contributed by atoms with Gasteiger partial charge < -0.3 is 9.73 Å². The van der Waals surface area contributed by atoms with E-state index < -0.39 is 0 Å². The van der Waals surface area contributed by atoms with Gasteiger partial charge in [0.1, 0.15) is 22.7 Å². The van der Waals surface area contributed by atoms with Crippen LogP contribution in [0.4, 0.5) is 11.5 Å². The van der Waals surface area contributed by atoms with E-state index >= 15 is 0 Å². The summed E-state index contributed by atoms with van der Waals surface area (Å²) in [6.45, 7) is 0. The zero-order chi connectivity index (χ0) is 23.8. The highest BCUT2D eigenvalue weighted by molar-refractivity contribution is 7.27. The van der Waals surface area contributed by atoms with Crippen LogP contribution in [0.15, 0.2) is 100 Å². The predicted molar refractivity (Wildman–Crippen MR) is 157 cm³/mol. The fourth-order valence-electron chi connectivity index (χ4n) is 6.64. The number of anilines is 1. The van der Waals surface area contributed by atoms with Gasteiger partial charge in [-0.1, -0.05) is 72.8 Å². The Kier molecular flexibility index (Phi) is 3.12. The van der Waals surface area contributed by atoms with Crippen molar-refractivity contribution in [2.75, 3.05) is 5.32 Å². The number of aliphatic imine (C=N–C) groups is 1. The third-order valence-electron chi connectivity index (χ3n) is 8.11. The van der Waals surface area contributed by atoms with Gasteiger partial charge in [-0.15, -0.1) is 11.3 Å². The lowest BCUT2D eigenvalue weighted by molar-refractivity contribution is 0.673. The van der Waals surface area contributed by atoms with Crippen molar-refractivity contribution in [3.63, 3.8) is 0 Å². The Hall–Kier alpha value is -4.61. The van der Waals surface area contributed by atoms with Crippen molar-refractivity contribution >= 4 is 97.9 Å². The van der Waals surface area contributed by atoms with Gasteiger partial charge in [0.15, 0.2) is 0 Å². The summed E-state index contributed by atoms with van der Waals surface area (Å²) in [7, 11) is 0. The Morgan fingerprint density at radius 1 is 0.784 bits per heavy atom. The number of furan rings is 1. The molecule has 0 bridgehead atoms. The van der Waals surface area contributed by atoms with Crippen LogP contribution in [0.5, 0.6) is 0 Å². The van der Waals surface area contributed by atoms with Crippen molar-refractivity contribution in [3.8, 4) is 0 Å². The van der Waals surface area contributed by atoms with Gasteiger partial charge in [-0.25, -0.2) is 4.99 Å². The molecule has 0 radical (unpaired) electrons. The van der Waals surface area contributed by atoms with Gasteiger partial charge in [0.25, 0.3) is 0 Å². The molecule has 10 rings (SSSR count). The quantitative estimate of drug-likeness (QED) is 0.230. The SMILES string of the molecule is C1=CC2=Nc3c(n4c5c3cccc5c3c5oc6ccccc6c5c5sc6ccccc6c5c34)NC2C=C1. The lowest BCUT2D eigenvalue weighted by Gasteiger charge is -2.23. The van der Waals surface area contributed by atoms with Crippen LogP contribution in [0.2, 0.25) is 0 Å². The van der Waals surface area contributed by atoms with Gasteiger partial charge >= 0.3 is 0 Å². The minimum Gasteiger partial charge on any atom is -0.455 e. The first-order chi connectivity index (χ1) is 18.4. The van der Waals surface area contributed by atoms with Crippen LogP contribution in [0.1, 0.15) is 0 Å². The Labute approximate surface area is 213 Å². The van der Waals surface area contributed by atoms with E-state index in [0.717, 1.165) is 28.4 Å². The summed E-state index contributed by atoms with van der Waals surface area (Å²) in [5.41, 5.74) is 6.39. The van der Waals surface area contributed by atoms with E-state index in [0.29, 0.717) is 0 Å². The maximum atomic E-state index is 6.69. The van der Waals surface area contributed by atoms with Crippen LogP contribution in [0.25, 0.3) is 69.3 Å². The highest BCUT2D eigenvalue weighted by Gasteiger charge is 2.31. The number of allylic oxidation sites excluding steroid dienone is 2. The smallest absolute Gasteiger partial charge is 0.146 e. The van der Waals surface area contributed by atoms with Gasteiger partial charge in [-0.2, -0.15) is 0 Å². The van der Waals surface area contributed by atoms with E-state index in [1.165, 1.54) is 58.1 Å². The van der Waals surface area contributed by atoms with E-state index in [2.05, 4.69) is 101 Å². The standard InChI is InChI=1S/C32H17N3OS/c1-5-14-22-16(8-1)26-30(36-22)24-18-10-7-11-19-27-32(34-21-13-4-3-12-20(21)33-27)35(28(18)19)29(24)25-17-9-2-6-15-23(17)37-31(25)26/h1-15,21,34H. The number of benzene rings is 4. The molecule has 37 heavy (non-hydrogen) atoms. The molecule has 1 atom stereocenters. The van der Waals surface area contributed by atoms with Crippen LogP contribution in [-0.4, -0.2) is 16.2 Å². The van der Waals surface area contributed by atoms with E-state index in [1.807, 2.05) is 11.3 Å². The second kappa shape index (κ2) is 6.20. The molecule has 5 heteroatoms. The number of nitrogens with one attached hydrogen (secondary N) is 1. The second-order valence-corrected chi connectivity index (χ2v) is 11.0. The average molecular weight is 492 g/mol. The van der Waals surface area contributed by atoms with Crippen LogP contribution < -0.4 is 5.32 Å². The molecule has 8 aromatic rings. The molecule has 0 saturated carbocycles. The van der Waals surface area contributed by atoms with Crippen LogP contribution in [-0.2, 0) is 0 Å². The number of para-hydroxylation sites is 2. The Balaban J connectivity index is 1.56. The maximum Gasteiger partial charge on any atom is 0.146 e. The Bertz CT molecular complexity index is 2360. The molecule has 0 fully saturated rings. The minimum absolute atomic E-state index is 0.0650. The van der Waals surface area contributed by atoms with Gasteiger partial charge in [0.05, 0.1) is 28.2 Å². The van der Waals surface area contributed by atoms with Gasteiger partial charge in [-0.3, -0.25) is 4.40 Å². The fraction of sp³-hybridized carbons (Fsp3) is 0.0312. The molecule has 1 aliphatic carbocycles. The highest BCUT2D eigenvalue weighted by atomic mass is 32.1. The molecule has 1 unspecified atom stereocenters. The van der Waals surface area contributed by atoms with E-state index in [4.69, 9.17) is 9.41 Å². The first-order valence-corrected chi connectivity index (χ1v) is 13.3. The molecule has 1 N–H and O–H groups in total. The molecule has 4 aromatic carbocycles. The third-order valence-corrected chi connectivity index (χ3v) is 9.30. The number of thiophene rings is 1. The minimum atomic E-state index is 0.0650. The number of nitrogens with zero attached hydrogens (tertiary/aromatic N) is 2. The number of fused-ring (bicyclic) bond motifs is 16. The summed E-state index contributed by atoms with van der Waals surface area (Å²) >= 11 is 1.86. The topological polar surface area (TPSA) is 41.9 Å². The molecule has 4 aromatic heterocycles. The third kappa shape index (κ3) is 2.07. The summed E-state index contributed by atoms with van der Waals surface area (Å²) in [5, 5.41) is 12.4. The van der Waals surface area contributed by atoms with Crippen molar-refractivity contribution < 1.29 is 4.42 Å². The molecular formula is C32H17N3OS. The first-order valence-electron chi connectivity index (χ1n) is 12.5. The van der Waals surface area contributed by atoms with Crippen LogP contribution in [0, 0.1) is 0 Å². The molecule has 1 aliphatic heterocycles. The lowest BCUT2D eigenvalue weighted by atomic mass is 10.0. The summed E-state index contributed by atoms with van der Waals surface area (Å²) < 4.78 is 11.7. The number of rotatable bonds is 0. The van der Waals surface area contributed by atoms with Crippen molar-refractivity contribution in [2.24, 2.45) is 4.99 Å². The highest BCUT2D eigenvalue weighted by Crippen LogP contribution is 2.53.